The lowest BCUT2D eigenvalue weighted by Crippen LogP contribution is -2.38. The van der Waals surface area contributed by atoms with Crippen LogP contribution in [0.1, 0.15) is 44.9 Å². The van der Waals surface area contributed by atoms with Crippen molar-refractivity contribution in [2.75, 3.05) is 40.4 Å². The number of nitrogens with one attached hydrogen (secondary N) is 3. The molecule has 2 amide bonds. The van der Waals surface area contributed by atoms with E-state index in [2.05, 4.69) is 20.9 Å². The number of pyridine rings is 1. The molecule has 0 radical (unpaired) electrons. The number of aromatic nitrogens is 1. The van der Waals surface area contributed by atoms with Crippen molar-refractivity contribution in [3.05, 3.63) is 58.9 Å². The van der Waals surface area contributed by atoms with E-state index in [9.17, 15) is 9.59 Å². The number of hydrogen-bond acceptors (Lipinski definition) is 6. The predicted molar refractivity (Wildman–Crippen MR) is 118 cm³/mol. The van der Waals surface area contributed by atoms with Crippen LogP contribution >= 0.6 is 0 Å². The van der Waals surface area contributed by atoms with Crippen molar-refractivity contribution in [2.24, 2.45) is 0 Å². The summed E-state index contributed by atoms with van der Waals surface area (Å²) in [5, 5.41) is 8.81. The zero-order valence-electron chi connectivity index (χ0n) is 18.1. The Labute approximate surface area is 182 Å². The molecule has 0 aliphatic carbocycles. The quantitative estimate of drug-likeness (QED) is 0.526. The molecule has 1 aromatic heterocycles. The van der Waals surface area contributed by atoms with Crippen LogP contribution in [0.3, 0.4) is 0 Å². The van der Waals surface area contributed by atoms with Crippen LogP contribution in [0.15, 0.2) is 36.4 Å². The standard InChI is InChI=1S/C23H30N4O4/c1-24-23(29)21-14-17(22(28)26-8-4-7-20-15-25-9-10-31-20)13-18(27-21)11-16-5-3-6-19(12-16)30-2/h3,5-6,12-14,20,25H,4,7-11,15H2,1-2H3,(H,24,29)(H,26,28). The minimum atomic E-state index is -0.330. The third-order valence-corrected chi connectivity index (χ3v) is 5.11. The van der Waals surface area contributed by atoms with E-state index >= 15 is 0 Å². The summed E-state index contributed by atoms with van der Waals surface area (Å²) in [5.74, 6) is 0.195. The van der Waals surface area contributed by atoms with Gasteiger partial charge < -0.3 is 25.4 Å². The van der Waals surface area contributed by atoms with Gasteiger partial charge in [0.25, 0.3) is 11.8 Å². The van der Waals surface area contributed by atoms with Crippen LogP contribution in [0.2, 0.25) is 0 Å². The first-order chi connectivity index (χ1) is 15.1. The van der Waals surface area contributed by atoms with Gasteiger partial charge in [0, 0.05) is 44.4 Å². The molecule has 2 aromatic rings. The summed E-state index contributed by atoms with van der Waals surface area (Å²) in [7, 11) is 3.16. The highest BCUT2D eigenvalue weighted by Gasteiger charge is 2.16. The lowest BCUT2D eigenvalue weighted by molar-refractivity contribution is 0.0225. The molecule has 0 spiro atoms. The topological polar surface area (TPSA) is 102 Å². The number of morpholine rings is 1. The van der Waals surface area contributed by atoms with E-state index in [1.54, 1.807) is 20.2 Å². The molecule has 31 heavy (non-hydrogen) atoms. The third-order valence-electron chi connectivity index (χ3n) is 5.11. The highest BCUT2D eigenvalue weighted by molar-refractivity contribution is 5.98. The Bertz CT molecular complexity index is 897. The molecule has 1 atom stereocenters. The third kappa shape index (κ3) is 6.77. The number of benzene rings is 1. The van der Waals surface area contributed by atoms with Gasteiger partial charge in [-0.25, -0.2) is 4.98 Å². The van der Waals surface area contributed by atoms with Crippen molar-refractivity contribution in [1.29, 1.82) is 0 Å². The molecule has 3 N–H and O–H groups in total. The van der Waals surface area contributed by atoms with Crippen molar-refractivity contribution in [2.45, 2.75) is 25.4 Å². The molecule has 1 fully saturated rings. The molecule has 3 rings (SSSR count). The molecular weight excluding hydrogens is 396 g/mol. The Balaban J connectivity index is 1.66. The Morgan fingerprint density at radius 1 is 1.26 bits per heavy atom. The van der Waals surface area contributed by atoms with Gasteiger partial charge in [-0.2, -0.15) is 0 Å². The number of ether oxygens (including phenoxy) is 2. The molecule has 1 aliphatic heterocycles. The predicted octanol–water partition coefficient (Wildman–Crippen LogP) is 1.54. The summed E-state index contributed by atoms with van der Waals surface area (Å²) < 4.78 is 10.9. The second-order valence-corrected chi connectivity index (χ2v) is 7.43. The van der Waals surface area contributed by atoms with Crippen molar-refractivity contribution >= 4 is 11.8 Å². The highest BCUT2D eigenvalue weighted by Crippen LogP contribution is 2.17. The van der Waals surface area contributed by atoms with E-state index in [1.165, 1.54) is 6.07 Å². The molecule has 8 heteroatoms. The molecule has 1 aromatic carbocycles. The van der Waals surface area contributed by atoms with Gasteiger partial charge in [-0.3, -0.25) is 9.59 Å². The molecule has 0 bridgehead atoms. The normalized spacial score (nSPS) is 15.9. The average molecular weight is 427 g/mol. The maximum atomic E-state index is 12.7. The van der Waals surface area contributed by atoms with Crippen LogP contribution in [0.25, 0.3) is 0 Å². The Morgan fingerprint density at radius 2 is 2.13 bits per heavy atom. The van der Waals surface area contributed by atoms with Crippen LogP contribution < -0.4 is 20.7 Å². The fourth-order valence-corrected chi connectivity index (χ4v) is 3.48. The summed E-state index contributed by atoms with van der Waals surface area (Å²) in [4.78, 5) is 29.4. The second kappa shape index (κ2) is 11.4. The fraction of sp³-hybridized carbons (Fsp3) is 0.435. The Morgan fingerprint density at radius 3 is 2.87 bits per heavy atom. The van der Waals surface area contributed by atoms with Crippen LogP contribution in [-0.2, 0) is 11.2 Å². The maximum Gasteiger partial charge on any atom is 0.269 e. The van der Waals surface area contributed by atoms with Crippen molar-refractivity contribution < 1.29 is 19.1 Å². The number of methoxy groups -OCH3 is 1. The lowest BCUT2D eigenvalue weighted by atomic mass is 10.1. The largest absolute Gasteiger partial charge is 0.497 e. The summed E-state index contributed by atoms with van der Waals surface area (Å²) in [6.07, 6.45) is 2.38. The van der Waals surface area contributed by atoms with Crippen LogP contribution in [0, 0.1) is 0 Å². The molecule has 2 heterocycles. The minimum Gasteiger partial charge on any atom is -0.497 e. The highest BCUT2D eigenvalue weighted by atomic mass is 16.5. The fourth-order valence-electron chi connectivity index (χ4n) is 3.48. The molecular formula is C23H30N4O4. The number of carbonyl (C=O) groups is 2. The number of hydrogen-bond donors (Lipinski definition) is 3. The molecule has 0 saturated carbocycles. The first-order valence-electron chi connectivity index (χ1n) is 10.6. The van der Waals surface area contributed by atoms with Crippen LogP contribution in [0.5, 0.6) is 5.75 Å². The van der Waals surface area contributed by atoms with Gasteiger partial charge in [0.05, 0.1) is 19.8 Å². The summed E-state index contributed by atoms with van der Waals surface area (Å²) >= 11 is 0. The molecule has 1 aliphatic rings. The van der Waals surface area contributed by atoms with Gasteiger partial charge in [0.2, 0.25) is 0 Å². The van der Waals surface area contributed by atoms with Crippen LogP contribution in [-0.4, -0.2) is 63.3 Å². The summed E-state index contributed by atoms with van der Waals surface area (Å²) in [6.45, 7) is 3.01. The molecule has 8 nitrogen and oxygen atoms in total. The average Bonchev–Trinajstić information content (AvgIpc) is 2.81. The van der Waals surface area contributed by atoms with Crippen molar-refractivity contribution in [3.8, 4) is 5.75 Å². The Kier molecular flexibility index (Phi) is 8.37. The SMILES string of the molecule is CNC(=O)c1cc(C(=O)NCCCC2CNCCO2)cc(Cc2cccc(OC)c2)n1. The number of nitrogens with zero attached hydrogens (tertiary/aromatic N) is 1. The van der Waals surface area contributed by atoms with E-state index in [4.69, 9.17) is 9.47 Å². The van der Waals surface area contributed by atoms with Crippen molar-refractivity contribution in [1.82, 2.24) is 20.9 Å². The number of carbonyl (C=O) groups excluding carboxylic acids is 2. The lowest BCUT2D eigenvalue weighted by Gasteiger charge is -2.23. The van der Waals surface area contributed by atoms with Gasteiger partial charge in [0.15, 0.2) is 0 Å². The summed E-state index contributed by atoms with van der Waals surface area (Å²) in [5.41, 5.74) is 2.26. The summed E-state index contributed by atoms with van der Waals surface area (Å²) in [6, 6.07) is 10.9. The maximum absolute atomic E-state index is 12.7. The van der Waals surface area contributed by atoms with E-state index in [0.29, 0.717) is 24.2 Å². The van der Waals surface area contributed by atoms with Crippen molar-refractivity contribution in [3.63, 3.8) is 0 Å². The molecule has 1 unspecified atom stereocenters. The van der Waals surface area contributed by atoms with E-state index < -0.39 is 0 Å². The zero-order chi connectivity index (χ0) is 22.1. The zero-order valence-corrected chi connectivity index (χ0v) is 18.1. The van der Waals surface area contributed by atoms with E-state index in [0.717, 1.165) is 43.9 Å². The minimum absolute atomic E-state index is 0.195. The smallest absolute Gasteiger partial charge is 0.269 e. The van der Waals surface area contributed by atoms with Crippen LogP contribution in [0.4, 0.5) is 0 Å². The van der Waals surface area contributed by atoms with Gasteiger partial charge in [-0.1, -0.05) is 12.1 Å². The van der Waals surface area contributed by atoms with Gasteiger partial charge in [0.1, 0.15) is 11.4 Å². The molecule has 1 saturated heterocycles. The van der Waals surface area contributed by atoms with Gasteiger partial charge in [-0.15, -0.1) is 0 Å². The monoisotopic (exact) mass is 426 g/mol. The number of amides is 2. The van der Waals surface area contributed by atoms with E-state index in [-0.39, 0.29) is 23.6 Å². The first-order valence-corrected chi connectivity index (χ1v) is 10.6. The van der Waals surface area contributed by atoms with Gasteiger partial charge >= 0.3 is 0 Å². The molecule has 166 valence electrons. The Hall–Kier alpha value is -2.97. The first kappa shape index (κ1) is 22.7. The van der Waals surface area contributed by atoms with Gasteiger partial charge in [-0.05, 0) is 42.7 Å². The van der Waals surface area contributed by atoms with E-state index in [1.807, 2.05) is 24.3 Å². The number of rotatable bonds is 9. The second-order valence-electron chi connectivity index (χ2n) is 7.43.